The molecule has 148 valence electrons. The molecular weight excluding hydrogens is 396 g/mol. The molecule has 0 spiro atoms. The summed E-state index contributed by atoms with van der Waals surface area (Å²) in [4.78, 5) is 41.3. The highest BCUT2D eigenvalue weighted by atomic mass is 35.5. The second-order valence-electron chi connectivity index (χ2n) is 6.34. The highest BCUT2D eigenvalue weighted by Gasteiger charge is 2.39. The summed E-state index contributed by atoms with van der Waals surface area (Å²) in [7, 11) is 0. The first kappa shape index (κ1) is 20.3. The minimum Gasteiger partial charge on any atom is -0.481 e. The van der Waals surface area contributed by atoms with E-state index in [4.69, 9.17) is 16.7 Å². The van der Waals surface area contributed by atoms with Crippen molar-refractivity contribution in [2.24, 2.45) is 4.99 Å². The van der Waals surface area contributed by atoms with Crippen LogP contribution < -0.4 is 0 Å². The molecule has 1 amide bonds. The van der Waals surface area contributed by atoms with Gasteiger partial charge in [0.15, 0.2) is 0 Å². The van der Waals surface area contributed by atoms with E-state index in [1.807, 2.05) is 0 Å². The molecule has 2 aromatic carbocycles. The van der Waals surface area contributed by atoms with Crippen molar-refractivity contribution >= 4 is 41.4 Å². The molecule has 0 saturated heterocycles. The minimum absolute atomic E-state index is 0.0627. The SMILES string of the molecule is O=C(O)CCC(C(=O)O)N1C(=O)/C(=C/c2ccc(Cl)cc2)N=C1c1ccccc1. The molecule has 8 heteroatoms. The van der Waals surface area contributed by atoms with Gasteiger partial charge in [-0.2, -0.15) is 0 Å². The van der Waals surface area contributed by atoms with Gasteiger partial charge in [-0.1, -0.05) is 54.1 Å². The Morgan fingerprint density at radius 3 is 2.31 bits per heavy atom. The first-order valence-electron chi connectivity index (χ1n) is 8.76. The van der Waals surface area contributed by atoms with Crippen molar-refractivity contribution in [3.8, 4) is 0 Å². The molecule has 1 aliphatic rings. The number of carbonyl (C=O) groups is 3. The van der Waals surface area contributed by atoms with Crippen LogP contribution >= 0.6 is 11.6 Å². The molecule has 1 unspecified atom stereocenters. The number of nitrogens with zero attached hydrogens (tertiary/aromatic N) is 2. The summed E-state index contributed by atoms with van der Waals surface area (Å²) in [6, 6.07) is 14.1. The summed E-state index contributed by atoms with van der Waals surface area (Å²) in [5.41, 5.74) is 1.29. The molecule has 0 saturated carbocycles. The van der Waals surface area contributed by atoms with Gasteiger partial charge in [0.25, 0.3) is 5.91 Å². The highest BCUT2D eigenvalue weighted by Crippen LogP contribution is 2.26. The van der Waals surface area contributed by atoms with Crippen LogP contribution in [0.25, 0.3) is 6.08 Å². The van der Waals surface area contributed by atoms with Gasteiger partial charge in [-0.05, 0) is 30.2 Å². The molecular formula is C21H17ClN2O5. The smallest absolute Gasteiger partial charge is 0.326 e. The van der Waals surface area contributed by atoms with Crippen LogP contribution in [0.5, 0.6) is 0 Å². The van der Waals surface area contributed by atoms with Crippen molar-refractivity contribution in [2.45, 2.75) is 18.9 Å². The third-order valence-corrected chi connectivity index (χ3v) is 4.58. The van der Waals surface area contributed by atoms with Crippen LogP contribution in [0.2, 0.25) is 5.02 Å². The lowest BCUT2D eigenvalue weighted by Gasteiger charge is -2.25. The van der Waals surface area contributed by atoms with E-state index in [1.54, 1.807) is 54.6 Å². The topological polar surface area (TPSA) is 107 Å². The maximum Gasteiger partial charge on any atom is 0.326 e. The number of aliphatic carboxylic acids is 2. The van der Waals surface area contributed by atoms with E-state index in [2.05, 4.69) is 4.99 Å². The predicted octanol–water partition coefficient (Wildman–Crippen LogP) is 3.29. The Morgan fingerprint density at radius 2 is 1.72 bits per heavy atom. The Morgan fingerprint density at radius 1 is 1.07 bits per heavy atom. The number of benzene rings is 2. The van der Waals surface area contributed by atoms with Gasteiger partial charge in [0.2, 0.25) is 0 Å². The second-order valence-corrected chi connectivity index (χ2v) is 6.78. The van der Waals surface area contributed by atoms with Gasteiger partial charge in [-0.25, -0.2) is 9.79 Å². The van der Waals surface area contributed by atoms with Crippen LogP contribution in [0.15, 0.2) is 65.3 Å². The summed E-state index contributed by atoms with van der Waals surface area (Å²) in [6.45, 7) is 0. The summed E-state index contributed by atoms with van der Waals surface area (Å²) in [6.07, 6.45) is 0.910. The molecule has 0 aliphatic carbocycles. The van der Waals surface area contributed by atoms with E-state index in [9.17, 15) is 19.5 Å². The normalized spacial score (nSPS) is 16.0. The fraction of sp³-hybridized carbons (Fsp3) is 0.143. The monoisotopic (exact) mass is 412 g/mol. The number of hydrogen-bond acceptors (Lipinski definition) is 4. The molecule has 0 bridgehead atoms. The maximum absolute atomic E-state index is 13.1. The third kappa shape index (κ3) is 4.70. The molecule has 29 heavy (non-hydrogen) atoms. The van der Waals surface area contributed by atoms with Crippen LogP contribution in [0.3, 0.4) is 0 Å². The molecule has 1 aliphatic heterocycles. The molecule has 1 heterocycles. The number of rotatable bonds is 7. The zero-order chi connectivity index (χ0) is 21.0. The van der Waals surface area contributed by atoms with Gasteiger partial charge < -0.3 is 10.2 Å². The Bertz CT molecular complexity index is 999. The van der Waals surface area contributed by atoms with Gasteiger partial charge in [0, 0.05) is 17.0 Å². The first-order chi connectivity index (χ1) is 13.9. The second kappa shape index (κ2) is 8.70. The fourth-order valence-corrected chi connectivity index (χ4v) is 3.08. The molecule has 2 N–H and O–H groups in total. The average Bonchev–Trinajstić information content (AvgIpc) is 3.00. The average molecular weight is 413 g/mol. The largest absolute Gasteiger partial charge is 0.481 e. The predicted molar refractivity (Wildman–Crippen MR) is 108 cm³/mol. The van der Waals surface area contributed by atoms with Gasteiger partial charge in [-0.3, -0.25) is 14.5 Å². The molecule has 2 aromatic rings. The number of halogens is 1. The first-order valence-corrected chi connectivity index (χ1v) is 9.14. The van der Waals surface area contributed by atoms with Gasteiger partial charge >= 0.3 is 11.9 Å². The molecule has 0 fully saturated rings. The van der Waals surface area contributed by atoms with E-state index in [1.165, 1.54) is 6.08 Å². The summed E-state index contributed by atoms with van der Waals surface area (Å²) >= 11 is 5.88. The Balaban J connectivity index is 2.04. The van der Waals surface area contributed by atoms with Crippen LogP contribution in [0.4, 0.5) is 0 Å². The molecule has 7 nitrogen and oxygen atoms in total. The summed E-state index contributed by atoms with van der Waals surface area (Å²) < 4.78 is 0. The highest BCUT2D eigenvalue weighted by molar-refractivity contribution is 6.30. The molecule has 3 rings (SSSR count). The summed E-state index contributed by atoms with van der Waals surface area (Å²) in [5, 5.41) is 19.2. The van der Waals surface area contributed by atoms with Crippen molar-refractivity contribution in [3.63, 3.8) is 0 Å². The van der Waals surface area contributed by atoms with Gasteiger partial charge in [0.05, 0.1) is 0 Å². The van der Waals surface area contributed by atoms with Gasteiger partial charge in [0.1, 0.15) is 17.6 Å². The number of hydrogen-bond donors (Lipinski definition) is 2. The lowest BCUT2D eigenvalue weighted by molar-refractivity contribution is -0.146. The number of amides is 1. The van der Waals surface area contributed by atoms with E-state index < -0.39 is 23.9 Å². The number of carbonyl (C=O) groups excluding carboxylic acids is 1. The molecule has 0 aromatic heterocycles. The van der Waals surface area contributed by atoms with Crippen LogP contribution in [0.1, 0.15) is 24.0 Å². The fourth-order valence-electron chi connectivity index (χ4n) is 2.95. The quantitative estimate of drug-likeness (QED) is 0.678. The van der Waals surface area contributed by atoms with Crippen molar-refractivity contribution in [2.75, 3.05) is 0 Å². The minimum atomic E-state index is -1.35. The lowest BCUT2D eigenvalue weighted by atomic mass is 10.1. The maximum atomic E-state index is 13.1. The zero-order valence-electron chi connectivity index (χ0n) is 15.2. The Kier molecular flexibility index (Phi) is 6.09. The summed E-state index contributed by atoms with van der Waals surface area (Å²) in [5.74, 6) is -2.86. The van der Waals surface area contributed by atoms with E-state index in [-0.39, 0.29) is 24.4 Å². The van der Waals surface area contributed by atoms with Gasteiger partial charge in [-0.15, -0.1) is 0 Å². The van der Waals surface area contributed by atoms with E-state index >= 15 is 0 Å². The van der Waals surface area contributed by atoms with Crippen LogP contribution in [-0.4, -0.2) is 44.8 Å². The standard InChI is InChI=1S/C21H17ClN2O5/c22-15-8-6-13(7-9-15)12-16-20(27)24(17(21(28)29)10-11-18(25)26)19(23-16)14-4-2-1-3-5-14/h1-9,12,17H,10-11H2,(H,25,26)(H,28,29)/b16-12-. The lowest BCUT2D eigenvalue weighted by Crippen LogP contribution is -2.46. The number of aliphatic imine (C=N–C) groups is 1. The third-order valence-electron chi connectivity index (χ3n) is 4.33. The van der Waals surface area contributed by atoms with E-state index in [0.717, 1.165) is 4.90 Å². The number of amidine groups is 1. The van der Waals surface area contributed by atoms with Crippen molar-refractivity contribution < 1.29 is 24.6 Å². The molecule has 0 radical (unpaired) electrons. The number of carboxylic acid groups (broad SMARTS) is 2. The van der Waals surface area contributed by atoms with E-state index in [0.29, 0.717) is 16.1 Å². The zero-order valence-corrected chi connectivity index (χ0v) is 15.9. The molecule has 1 atom stereocenters. The van der Waals surface area contributed by atoms with Crippen LogP contribution in [0, 0.1) is 0 Å². The van der Waals surface area contributed by atoms with Crippen LogP contribution in [-0.2, 0) is 14.4 Å². The Hall–Kier alpha value is -3.45. The van der Waals surface area contributed by atoms with Crippen molar-refractivity contribution in [1.29, 1.82) is 0 Å². The van der Waals surface area contributed by atoms with Crippen molar-refractivity contribution in [3.05, 3.63) is 76.4 Å². The Labute approximate surface area is 171 Å². The van der Waals surface area contributed by atoms with Crippen molar-refractivity contribution in [1.82, 2.24) is 4.90 Å². The number of carboxylic acids is 2.